The van der Waals surface area contributed by atoms with Gasteiger partial charge in [-0.05, 0) is 35.4 Å². The molecule has 0 aliphatic heterocycles. The van der Waals surface area contributed by atoms with E-state index in [0.29, 0.717) is 29.5 Å². The van der Waals surface area contributed by atoms with Gasteiger partial charge in [0.25, 0.3) is 0 Å². The fourth-order valence-electron chi connectivity index (χ4n) is 3.82. The molecule has 8 nitrogen and oxygen atoms in total. The van der Waals surface area contributed by atoms with E-state index in [2.05, 4.69) is 58.4 Å². The largest absolute Gasteiger partial charge is 0.364 e. The van der Waals surface area contributed by atoms with E-state index in [1.54, 1.807) is 12.4 Å². The van der Waals surface area contributed by atoms with Gasteiger partial charge in [-0.25, -0.2) is 19.9 Å². The van der Waals surface area contributed by atoms with Gasteiger partial charge in [0.2, 0.25) is 0 Å². The Bertz CT molecular complexity index is 1590. The molecule has 9 heteroatoms. The molecule has 6 rings (SSSR count). The van der Waals surface area contributed by atoms with Crippen molar-refractivity contribution in [3.8, 4) is 0 Å². The summed E-state index contributed by atoms with van der Waals surface area (Å²) in [5, 5.41) is 6.02. The van der Waals surface area contributed by atoms with Gasteiger partial charge >= 0.3 is 0 Å². The second-order valence-corrected chi connectivity index (χ2v) is 7.95. The molecule has 0 unspecified atom stereocenters. The number of pyridine rings is 2. The zero-order valence-electron chi connectivity index (χ0n) is 16.8. The highest BCUT2D eigenvalue weighted by Crippen LogP contribution is 2.24. The third-order valence-corrected chi connectivity index (χ3v) is 5.69. The quantitative estimate of drug-likeness (QED) is 0.360. The Morgan fingerprint density at radius 2 is 1.97 bits per heavy atom. The topological polar surface area (TPSA) is 108 Å². The van der Waals surface area contributed by atoms with Crippen LogP contribution in [-0.4, -0.2) is 34.9 Å². The normalized spacial score (nSPS) is 11.5. The fourth-order valence-corrected chi connectivity index (χ4v) is 4.02. The molecule has 1 aromatic carbocycles. The number of hydrogen-bond acceptors (Lipinski definition) is 6. The van der Waals surface area contributed by atoms with E-state index in [1.807, 2.05) is 24.4 Å². The number of rotatable bonds is 5. The standard InChI is InChI=1S/C23H17ClN8/c24-17-11-28-21-16(17)7-14(9-26-21)10-27-22-20-23(30-12-29-22)32-19(31-20)8-13-3-4-18-15(6-13)2-1-5-25-18/h1-7,9,11-12H,8,10H2,(H,26,28)(H2,27,29,30,31,32). The molecule has 0 atom stereocenters. The van der Waals surface area contributed by atoms with Crippen LogP contribution in [0.1, 0.15) is 17.0 Å². The number of benzene rings is 1. The number of H-pyrrole nitrogens is 2. The SMILES string of the molecule is Clc1c[nH]c2ncc(CNc3ncnc4nc(Cc5ccc6ncccc6c5)[nH]c34)cc12. The Morgan fingerprint density at radius 3 is 2.94 bits per heavy atom. The molecule has 32 heavy (non-hydrogen) atoms. The van der Waals surface area contributed by atoms with Crippen LogP contribution in [0.15, 0.2) is 61.3 Å². The Labute approximate surface area is 187 Å². The van der Waals surface area contributed by atoms with Gasteiger partial charge in [-0.15, -0.1) is 0 Å². The van der Waals surface area contributed by atoms with Gasteiger partial charge in [-0.1, -0.05) is 23.7 Å². The van der Waals surface area contributed by atoms with Crippen molar-refractivity contribution in [3.63, 3.8) is 0 Å². The van der Waals surface area contributed by atoms with Gasteiger partial charge in [0, 0.05) is 42.3 Å². The van der Waals surface area contributed by atoms with Gasteiger partial charge < -0.3 is 15.3 Å². The van der Waals surface area contributed by atoms with E-state index < -0.39 is 0 Å². The van der Waals surface area contributed by atoms with E-state index in [9.17, 15) is 0 Å². The highest BCUT2D eigenvalue weighted by Gasteiger charge is 2.11. The zero-order valence-corrected chi connectivity index (χ0v) is 17.6. The minimum Gasteiger partial charge on any atom is -0.364 e. The first-order valence-corrected chi connectivity index (χ1v) is 10.5. The molecule has 0 fully saturated rings. The zero-order chi connectivity index (χ0) is 21.5. The maximum absolute atomic E-state index is 6.21. The van der Waals surface area contributed by atoms with E-state index in [4.69, 9.17) is 11.6 Å². The average molecular weight is 441 g/mol. The molecule has 0 spiro atoms. The van der Waals surface area contributed by atoms with E-state index in [1.165, 1.54) is 6.33 Å². The van der Waals surface area contributed by atoms with Crippen LogP contribution in [0, 0.1) is 0 Å². The maximum atomic E-state index is 6.21. The van der Waals surface area contributed by atoms with Gasteiger partial charge in [0.15, 0.2) is 11.5 Å². The van der Waals surface area contributed by atoms with E-state index >= 15 is 0 Å². The van der Waals surface area contributed by atoms with Crippen LogP contribution >= 0.6 is 11.6 Å². The predicted molar refractivity (Wildman–Crippen MR) is 125 cm³/mol. The van der Waals surface area contributed by atoms with Crippen molar-refractivity contribution in [1.82, 2.24) is 34.9 Å². The van der Waals surface area contributed by atoms with Crippen LogP contribution in [0.5, 0.6) is 0 Å². The summed E-state index contributed by atoms with van der Waals surface area (Å²) in [5.41, 5.74) is 5.30. The highest BCUT2D eigenvalue weighted by atomic mass is 35.5. The first-order valence-electron chi connectivity index (χ1n) is 10.1. The van der Waals surface area contributed by atoms with E-state index in [-0.39, 0.29) is 0 Å². The summed E-state index contributed by atoms with van der Waals surface area (Å²) in [6.45, 7) is 0.544. The van der Waals surface area contributed by atoms with Crippen LogP contribution in [-0.2, 0) is 13.0 Å². The Morgan fingerprint density at radius 1 is 1.00 bits per heavy atom. The van der Waals surface area contributed by atoms with Gasteiger partial charge in [0.05, 0.1) is 10.5 Å². The van der Waals surface area contributed by atoms with Crippen molar-refractivity contribution < 1.29 is 0 Å². The van der Waals surface area contributed by atoms with Gasteiger partial charge in [-0.3, -0.25) is 4.98 Å². The van der Waals surface area contributed by atoms with Crippen LogP contribution in [0.25, 0.3) is 33.1 Å². The second kappa shape index (κ2) is 7.58. The summed E-state index contributed by atoms with van der Waals surface area (Å²) < 4.78 is 0. The monoisotopic (exact) mass is 440 g/mol. The van der Waals surface area contributed by atoms with Crippen molar-refractivity contribution in [2.24, 2.45) is 0 Å². The first-order chi connectivity index (χ1) is 15.7. The Kier molecular flexibility index (Phi) is 4.43. The fraction of sp³-hybridized carbons (Fsp3) is 0.0870. The number of aromatic amines is 2. The molecule has 0 saturated heterocycles. The average Bonchev–Trinajstić information content (AvgIpc) is 3.40. The van der Waals surface area contributed by atoms with Crippen LogP contribution in [0.4, 0.5) is 5.82 Å². The van der Waals surface area contributed by atoms with Crippen LogP contribution < -0.4 is 5.32 Å². The number of hydrogen-bond donors (Lipinski definition) is 3. The minimum absolute atomic E-state index is 0.544. The summed E-state index contributed by atoms with van der Waals surface area (Å²) in [4.78, 5) is 28.6. The predicted octanol–water partition coefficient (Wildman–Crippen LogP) is 4.63. The number of aromatic nitrogens is 7. The molecule has 0 bridgehead atoms. The molecule has 5 aromatic heterocycles. The van der Waals surface area contributed by atoms with Gasteiger partial charge in [0.1, 0.15) is 23.3 Å². The maximum Gasteiger partial charge on any atom is 0.183 e. The summed E-state index contributed by atoms with van der Waals surface area (Å²) in [6.07, 6.45) is 7.53. The molecular weight excluding hydrogens is 424 g/mol. The smallest absolute Gasteiger partial charge is 0.183 e. The molecule has 0 amide bonds. The molecule has 0 saturated carbocycles. The Balaban J connectivity index is 1.25. The Hall–Kier alpha value is -4.04. The lowest BCUT2D eigenvalue weighted by Crippen LogP contribution is -2.03. The number of fused-ring (bicyclic) bond motifs is 3. The third-order valence-electron chi connectivity index (χ3n) is 5.37. The summed E-state index contributed by atoms with van der Waals surface area (Å²) in [7, 11) is 0. The molecule has 0 aliphatic rings. The molecule has 0 aliphatic carbocycles. The lowest BCUT2D eigenvalue weighted by atomic mass is 10.1. The molecular formula is C23H17ClN8. The summed E-state index contributed by atoms with van der Waals surface area (Å²) >= 11 is 6.21. The lowest BCUT2D eigenvalue weighted by molar-refractivity contribution is 1.04. The first kappa shape index (κ1) is 18.7. The molecule has 0 radical (unpaired) electrons. The summed E-state index contributed by atoms with van der Waals surface area (Å²) in [6, 6.07) is 12.3. The minimum atomic E-state index is 0.544. The lowest BCUT2D eigenvalue weighted by Gasteiger charge is -2.06. The number of nitrogens with zero attached hydrogens (tertiary/aromatic N) is 5. The highest BCUT2D eigenvalue weighted by molar-refractivity contribution is 6.35. The van der Waals surface area contributed by atoms with Crippen molar-refractivity contribution >= 4 is 50.5 Å². The van der Waals surface area contributed by atoms with Crippen molar-refractivity contribution in [3.05, 3.63) is 83.3 Å². The molecule has 156 valence electrons. The van der Waals surface area contributed by atoms with E-state index in [0.717, 1.165) is 44.4 Å². The number of nitrogens with one attached hydrogen (secondary N) is 3. The van der Waals surface area contributed by atoms with Gasteiger partial charge in [-0.2, -0.15) is 0 Å². The third kappa shape index (κ3) is 3.40. The molecule has 6 aromatic rings. The number of anilines is 1. The van der Waals surface area contributed by atoms with Crippen molar-refractivity contribution in [2.45, 2.75) is 13.0 Å². The molecule has 5 heterocycles. The van der Waals surface area contributed by atoms with Crippen molar-refractivity contribution in [1.29, 1.82) is 0 Å². The van der Waals surface area contributed by atoms with Crippen molar-refractivity contribution in [2.75, 3.05) is 5.32 Å². The second-order valence-electron chi connectivity index (χ2n) is 7.54. The van der Waals surface area contributed by atoms with Crippen LogP contribution in [0.3, 0.4) is 0 Å². The summed E-state index contributed by atoms with van der Waals surface area (Å²) in [5.74, 6) is 1.52. The van der Waals surface area contributed by atoms with Crippen LogP contribution in [0.2, 0.25) is 5.02 Å². The molecule has 3 N–H and O–H groups in total. The number of imidazole rings is 1. The number of halogens is 1.